The number of carboxylic acid groups (broad SMARTS) is 1. The van der Waals surface area contributed by atoms with E-state index in [0.29, 0.717) is 6.61 Å². The van der Waals surface area contributed by atoms with E-state index in [-0.39, 0.29) is 6.61 Å². The van der Waals surface area contributed by atoms with E-state index in [9.17, 15) is 4.79 Å². The molecule has 3 nitrogen and oxygen atoms in total. The van der Waals surface area contributed by atoms with Gasteiger partial charge in [-0.15, -0.1) is 0 Å². The maximum atomic E-state index is 10.3. The van der Waals surface area contributed by atoms with E-state index in [4.69, 9.17) is 9.84 Å². The molecule has 1 aromatic rings. The van der Waals surface area contributed by atoms with Crippen LogP contribution < -0.4 is 0 Å². The molecule has 0 fully saturated rings. The molecule has 0 radical (unpaired) electrons. The van der Waals surface area contributed by atoms with Gasteiger partial charge in [-0.25, -0.2) is 4.79 Å². The molecule has 82 valence electrons. The second-order valence-electron chi connectivity index (χ2n) is 2.75. The van der Waals surface area contributed by atoms with Crippen molar-refractivity contribution < 1.29 is 14.6 Å². The van der Waals surface area contributed by atoms with Crippen molar-refractivity contribution in [1.82, 2.24) is 0 Å². The Balaban J connectivity index is 2.72. The van der Waals surface area contributed by atoms with E-state index in [2.05, 4.69) is 73.8 Å². The highest BCUT2D eigenvalue weighted by atomic mass is 127. The first kappa shape index (κ1) is 13.9. The van der Waals surface area contributed by atoms with Crippen molar-refractivity contribution in [2.45, 2.75) is 6.61 Å². The lowest BCUT2D eigenvalue weighted by Gasteiger charge is -2.07. The van der Waals surface area contributed by atoms with Gasteiger partial charge in [0.25, 0.3) is 0 Å². The number of rotatable bonds is 4. The lowest BCUT2D eigenvalue weighted by Crippen LogP contribution is -2.07. The number of aliphatic carboxylic acids is 1. The van der Waals surface area contributed by atoms with E-state index in [0.717, 1.165) is 16.3 Å². The van der Waals surface area contributed by atoms with E-state index >= 15 is 0 Å². The molecule has 0 aliphatic carbocycles. The smallest absolute Gasteiger partial charge is 0.329 e. The minimum atomic E-state index is -0.940. The molecule has 0 aliphatic rings. The van der Waals surface area contributed by atoms with Crippen LogP contribution in [0.25, 0.3) is 0 Å². The third-order valence-corrected chi connectivity index (χ3v) is 5.33. The number of carbonyl (C=O) groups is 1. The SMILES string of the molecule is O=C(O)COCc1cc(I)cc(I)c1I. The fourth-order valence-corrected chi connectivity index (χ4v) is 3.39. The molecule has 0 heterocycles. The zero-order valence-electron chi connectivity index (χ0n) is 7.47. The third kappa shape index (κ3) is 4.69. The Bertz CT molecular complexity index is 379. The molecule has 0 spiro atoms. The average molecular weight is 544 g/mol. The number of ether oxygens (including phenoxy) is 1. The fourth-order valence-electron chi connectivity index (χ4n) is 0.963. The monoisotopic (exact) mass is 544 g/mol. The first-order valence-corrected chi connectivity index (χ1v) is 7.17. The van der Waals surface area contributed by atoms with Gasteiger partial charge in [0.15, 0.2) is 0 Å². The van der Waals surface area contributed by atoms with Crippen LogP contribution in [0.3, 0.4) is 0 Å². The summed E-state index contributed by atoms with van der Waals surface area (Å²) in [7, 11) is 0. The maximum absolute atomic E-state index is 10.3. The van der Waals surface area contributed by atoms with Crippen molar-refractivity contribution in [3.05, 3.63) is 28.4 Å². The topological polar surface area (TPSA) is 46.5 Å². The van der Waals surface area contributed by atoms with Gasteiger partial charge < -0.3 is 9.84 Å². The van der Waals surface area contributed by atoms with E-state index in [1.165, 1.54) is 0 Å². The summed E-state index contributed by atoms with van der Waals surface area (Å²) < 4.78 is 8.48. The summed E-state index contributed by atoms with van der Waals surface area (Å²) in [6.07, 6.45) is 0. The molecule has 0 atom stereocenters. The summed E-state index contributed by atoms with van der Waals surface area (Å²) in [6, 6.07) is 4.08. The highest BCUT2D eigenvalue weighted by molar-refractivity contribution is 14.1. The van der Waals surface area contributed by atoms with Crippen LogP contribution in [-0.2, 0) is 16.1 Å². The van der Waals surface area contributed by atoms with Gasteiger partial charge in [0, 0.05) is 10.7 Å². The van der Waals surface area contributed by atoms with Crippen molar-refractivity contribution in [3.8, 4) is 0 Å². The first-order chi connectivity index (χ1) is 7.00. The summed E-state index contributed by atoms with van der Waals surface area (Å²) in [5.74, 6) is -0.940. The second-order valence-corrected chi connectivity index (χ2v) is 6.23. The van der Waals surface area contributed by atoms with Crippen molar-refractivity contribution in [2.24, 2.45) is 0 Å². The Morgan fingerprint density at radius 3 is 2.60 bits per heavy atom. The van der Waals surface area contributed by atoms with Gasteiger partial charge in [-0.1, -0.05) is 0 Å². The molecule has 6 heteroatoms. The Kier molecular flexibility index (Phi) is 6.07. The summed E-state index contributed by atoms with van der Waals surface area (Å²) in [6.45, 7) is 0.0928. The molecule has 0 saturated heterocycles. The quantitative estimate of drug-likeness (QED) is 0.469. The molecule has 1 rings (SSSR count). The van der Waals surface area contributed by atoms with Crippen LogP contribution >= 0.6 is 67.8 Å². The minimum absolute atomic E-state index is 0.252. The van der Waals surface area contributed by atoms with Crippen molar-refractivity contribution in [2.75, 3.05) is 6.61 Å². The number of halogens is 3. The van der Waals surface area contributed by atoms with E-state index in [1.807, 2.05) is 6.07 Å². The first-order valence-electron chi connectivity index (χ1n) is 3.93. The van der Waals surface area contributed by atoms with Gasteiger partial charge in [0.1, 0.15) is 6.61 Å². The molecule has 0 amide bonds. The molecular weight excluding hydrogens is 537 g/mol. The van der Waals surface area contributed by atoms with Crippen LogP contribution in [0.2, 0.25) is 0 Å². The standard InChI is InChI=1S/C9H7I3O3/c10-6-1-5(3-15-4-8(13)14)9(12)7(11)2-6/h1-2H,3-4H2,(H,13,14). The zero-order chi connectivity index (χ0) is 11.4. The number of benzene rings is 1. The van der Waals surface area contributed by atoms with Gasteiger partial charge in [-0.05, 0) is 85.5 Å². The van der Waals surface area contributed by atoms with Crippen molar-refractivity contribution >= 4 is 73.7 Å². The predicted octanol–water partition coefficient (Wildman–Crippen LogP) is 3.10. The van der Waals surface area contributed by atoms with Gasteiger partial charge in [0.05, 0.1) is 6.61 Å². The van der Waals surface area contributed by atoms with Crippen molar-refractivity contribution in [3.63, 3.8) is 0 Å². The number of hydrogen-bond donors (Lipinski definition) is 1. The Morgan fingerprint density at radius 2 is 2.00 bits per heavy atom. The summed E-state index contributed by atoms with van der Waals surface area (Å²) in [4.78, 5) is 10.3. The molecule has 0 bridgehead atoms. The van der Waals surface area contributed by atoms with Crippen molar-refractivity contribution in [1.29, 1.82) is 0 Å². The molecule has 0 unspecified atom stereocenters. The van der Waals surface area contributed by atoms with Gasteiger partial charge >= 0.3 is 5.97 Å². The molecule has 0 saturated carbocycles. The molecule has 0 aliphatic heterocycles. The highest BCUT2D eigenvalue weighted by Gasteiger charge is 2.06. The lowest BCUT2D eigenvalue weighted by molar-refractivity contribution is -0.142. The normalized spacial score (nSPS) is 10.3. The molecule has 15 heavy (non-hydrogen) atoms. The minimum Gasteiger partial charge on any atom is -0.480 e. The van der Waals surface area contributed by atoms with Crippen LogP contribution in [0.4, 0.5) is 0 Å². The van der Waals surface area contributed by atoms with Crippen LogP contribution in [0.15, 0.2) is 12.1 Å². The van der Waals surface area contributed by atoms with Gasteiger partial charge in [0.2, 0.25) is 0 Å². The van der Waals surface area contributed by atoms with E-state index < -0.39 is 5.97 Å². The third-order valence-electron chi connectivity index (χ3n) is 1.55. The Morgan fingerprint density at radius 1 is 1.33 bits per heavy atom. The van der Waals surface area contributed by atoms with Crippen LogP contribution in [0, 0.1) is 10.7 Å². The largest absolute Gasteiger partial charge is 0.480 e. The summed E-state index contributed by atoms with van der Waals surface area (Å²) in [5, 5.41) is 8.44. The molecule has 1 aromatic carbocycles. The summed E-state index contributed by atoms with van der Waals surface area (Å²) >= 11 is 6.73. The average Bonchev–Trinajstić information content (AvgIpc) is 2.12. The van der Waals surface area contributed by atoms with Crippen LogP contribution in [0.5, 0.6) is 0 Å². The van der Waals surface area contributed by atoms with Gasteiger partial charge in [-0.2, -0.15) is 0 Å². The Hall–Kier alpha value is 0.840. The molecule has 1 N–H and O–H groups in total. The zero-order valence-corrected chi connectivity index (χ0v) is 13.9. The highest BCUT2D eigenvalue weighted by Crippen LogP contribution is 2.23. The fraction of sp³-hybridized carbons (Fsp3) is 0.222. The Labute approximate surface area is 128 Å². The van der Waals surface area contributed by atoms with Crippen LogP contribution in [0.1, 0.15) is 5.56 Å². The van der Waals surface area contributed by atoms with E-state index in [1.54, 1.807) is 0 Å². The second kappa shape index (κ2) is 6.55. The van der Waals surface area contributed by atoms with Crippen LogP contribution in [-0.4, -0.2) is 17.7 Å². The number of hydrogen-bond acceptors (Lipinski definition) is 2. The molecular formula is C9H7I3O3. The predicted molar refractivity (Wildman–Crippen MR) is 81.9 cm³/mol. The maximum Gasteiger partial charge on any atom is 0.329 e. The number of carboxylic acids is 1. The lowest BCUT2D eigenvalue weighted by atomic mass is 10.2. The summed E-state index contributed by atoms with van der Waals surface area (Å²) in [5.41, 5.74) is 1.04. The van der Waals surface area contributed by atoms with Gasteiger partial charge in [-0.3, -0.25) is 0 Å². The molecule has 0 aromatic heterocycles.